The van der Waals surface area contributed by atoms with Crippen molar-refractivity contribution in [3.05, 3.63) is 35.1 Å². The highest BCUT2D eigenvalue weighted by molar-refractivity contribution is 5.80. The normalized spacial score (nSPS) is 24.1. The van der Waals surface area contributed by atoms with Crippen molar-refractivity contribution in [3.8, 4) is 0 Å². The van der Waals surface area contributed by atoms with Gasteiger partial charge in [-0.25, -0.2) is 13.2 Å². The molecule has 26 heavy (non-hydrogen) atoms. The van der Waals surface area contributed by atoms with E-state index in [-0.39, 0.29) is 17.9 Å². The molecule has 144 valence electrons. The van der Waals surface area contributed by atoms with Gasteiger partial charge in [-0.2, -0.15) is 0 Å². The van der Waals surface area contributed by atoms with Gasteiger partial charge in [0.1, 0.15) is 0 Å². The lowest BCUT2D eigenvalue weighted by atomic mass is 9.90. The fourth-order valence-electron chi connectivity index (χ4n) is 3.69. The lowest BCUT2D eigenvalue weighted by Crippen LogP contribution is -2.53. The summed E-state index contributed by atoms with van der Waals surface area (Å²) in [4.78, 5) is 16.1. The molecule has 0 spiro atoms. The smallest absolute Gasteiger partial charge is 0.223 e. The molecule has 2 fully saturated rings. The summed E-state index contributed by atoms with van der Waals surface area (Å²) in [5, 5.41) is 3.06. The maximum absolute atomic E-state index is 13.4. The Morgan fingerprint density at radius 1 is 1.19 bits per heavy atom. The van der Waals surface area contributed by atoms with Crippen molar-refractivity contribution in [1.82, 2.24) is 15.1 Å². The molecule has 0 unspecified atom stereocenters. The van der Waals surface area contributed by atoms with Crippen LogP contribution in [0.3, 0.4) is 0 Å². The minimum Gasteiger partial charge on any atom is -0.356 e. The van der Waals surface area contributed by atoms with E-state index < -0.39 is 17.5 Å². The first-order chi connectivity index (χ1) is 12.3. The standard InChI is InChI=1S/C19H26F3N3O/c1-24(2)17-11-25(10-12-7-15(20)18(22)16(21)8-12)6-5-14(17)9-23-19(26)13-3-4-13/h7-8,13-14,17H,3-6,9-11H2,1-2H3,(H,23,26)/t14-,17-/m1/s1. The quantitative estimate of drug-likeness (QED) is 0.782. The second-order valence-electron chi connectivity index (χ2n) is 7.71. The van der Waals surface area contributed by atoms with Crippen LogP contribution in [0.25, 0.3) is 0 Å². The summed E-state index contributed by atoms with van der Waals surface area (Å²) in [7, 11) is 4.00. The Kier molecular flexibility index (Phi) is 5.87. The van der Waals surface area contributed by atoms with E-state index in [2.05, 4.69) is 15.1 Å². The molecule has 0 bridgehead atoms. The molecule has 0 aromatic heterocycles. The number of rotatable bonds is 6. The number of amides is 1. The van der Waals surface area contributed by atoms with Crippen molar-refractivity contribution < 1.29 is 18.0 Å². The number of likely N-dealkylation sites (N-methyl/N-ethyl adjacent to an activating group) is 1. The van der Waals surface area contributed by atoms with Crippen LogP contribution >= 0.6 is 0 Å². The number of piperidine rings is 1. The Morgan fingerprint density at radius 3 is 2.42 bits per heavy atom. The maximum atomic E-state index is 13.4. The van der Waals surface area contributed by atoms with Crippen LogP contribution < -0.4 is 5.32 Å². The summed E-state index contributed by atoms with van der Waals surface area (Å²) < 4.78 is 40.0. The molecule has 2 aliphatic rings. The van der Waals surface area contributed by atoms with Crippen LogP contribution in [0.4, 0.5) is 13.2 Å². The number of benzene rings is 1. The van der Waals surface area contributed by atoms with Crippen LogP contribution in [-0.2, 0) is 11.3 Å². The topological polar surface area (TPSA) is 35.6 Å². The zero-order chi connectivity index (χ0) is 18.8. The molecule has 7 heteroatoms. The van der Waals surface area contributed by atoms with Gasteiger partial charge in [0, 0.05) is 31.6 Å². The average molecular weight is 369 g/mol. The number of carbonyl (C=O) groups is 1. The summed E-state index contributed by atoms with van der Waals surface area (Å²) in [6.07, 6.45) is 2.87. The van der Waals surface area contributed by atoms with Crippen LogP contribution in [0.5, 0.6) is 0 Å². The number of likely N-dealkylation sites (tertiary alicyclic amines) is 1. The van der Waals surface area contributed by atoms with Crippen LogP contribution in [-0.4, -0.2) is 55.5 Å². The second kappa shape index (κ2) is 7.96. The predicted octanol–water partition coefficient (Wildman–Crippen LogP) is 2.38. The first-order valence-corrected chi connectivity index (χ1v) is 9.15. The van der Waals surface area contributed by atoms with E-state index in [1.165, 1.54) is 0 Å². The van der Waals surface area contributed by atoms with Gasteiger partial charge in [-0.15, -0.1) is 0 Å². The average Bonchev–Trinajstić information content (AvgIpc) is 3.43. The third-order valence-corrected chi connectivity index (χ3v) is 5.41. The Bertz CT molecular complexity index is 640. The van der Waals surface area contributed by atoms with Crippen LogP contribution in [0, 0.1) is 29.3 Å². The molecule has 1 amide bonds. The molecule has 1 heterocycles. The number of carbonyl (C=O) groups excluding carboxylic acids is 1. The van der Waals surface area contributed by atoms with E-state index in [9.17, 15) is 18.0 Å². The summed E-state index contributed by atoms with van der Waals surface area (Å²) in [6, 6.07) is 2.36. The van der Waals surface area contributed by atoms with Crippen molar-refractivity contribution in [2.24, 2.45) is 11.8 Å². The van der Waals surface area contributed by atoms with Gasteiger partial charge < -0.3 is 10.2 Å². The summed E-state index contributed by atoms with van der Waals surface area (Å²) in [5.41, 5.74) is 0.430. The van der Waals surface area contributed by atoms with E-state index in [1.807, 2.05) is 14.1 Å². The van der Waals surface area contributed by atoms with Crippen molar-refractivity contribution in [2.75, 3.05) is 33.7 Å². The SMILES string of the molecule is CN(C)[C@@H]1CN(Cc2cc(F)c(F)c(F)c2)CC[C@@H]1CNC(=O)C1CC1. The highest BCUT2D eigenvalue weighted by atomic mass is 19.2. The number of halogens is 3. The fraction of sp³-hybridized carbons (Fsp3) is 0.632. The lowest BCUT2D eigenvalue weighted by molar-refractivity contribution is -0.122. The van der Waals surface area contributed by atoms with E-state index in [0.717, 1.165) is 44.5 Å². The predicted molar refractivity (Wildman–Crippen MR) is 92.9 cm³/mol. The van der Waals surface area contributed by atoms with Crippen molar-refractivity contribution in [1.29, 1.82) is 0 Å². The summed E-state index contributed by atoms with van der Waals surface area (Å²) in [5.74, 6) is -3.03. The monoisotopic (exact) mass is 369 g/mol. The van der Waals surface area contributed by atoms with Crippen molar-refractivity contribution in [2.45, 2.75) is 31.8 Å². The van der Waals surface area contributed by atoms with Gasteiger partial charge in [-0.3, -0.25) is 9.69 Å². The maximum Gasteiger partial charge on any atom is 0.223 e. The zero-order valence-corrected chi connectivity index (χ0v) is 15.3. The van der Waals surface area contributed by atoms with Gasteiger partial charge in [0.25, 0.3) is 0 Å². The number of nitrogens with one attached hydrogen (secondary N) is 1. The molecule has 1 saturated carbocycles. The highest BCUT2D eigenvalue weighted by Crippen LogP contribution is 2.29. The number of nitrogens with zero attached hydrogens (tertiary/aromatic N) is 2. The fourth-order valence-corrected chi connectivity index (χ4v) is 3.69. The van der Waals surface area contributed by atoms with Crippen LogP contribution in [0.2, 0.25) is 0 Å². The van der Waals surface area contributed by atoms with Gasteiger partial charge in [-0.1, -0.05) is 0 Å². The lowest BCUT2D eigenvalue weighted by Gasteiger charge is -2.42. The highest BCUT2D eigenvalue weighted by Gasteiger charge is 2.33. The molecule has 1 aliphatic carbocycles. The molecule has 1 N–H and O–H groups in total. The molecule has 1 aliphatic heterocycles. The Hall–Kier alpha value is -1.60. The van der Waals surface area contributed by atoms with Gasteiger partial charge in [-0.05, 0) is 63.5 Å². The zero-order valence-electron chi connectivity index (χ0n) is 15.3. The minimum atomic E-state index is -1.43. The van der Waals surface area contributed by atoms with Crippen LogP contribution in [0.1, 0.15) is 24.8 Å². The number of hydrogen-bond donors (Lipinski definition) is 1. The van der Waals surface area contributed by atoms with Crippen molar-refractivity contribution >= 4 is 5.91 Å². The molecule has 1 aromatic carbocycles. The molecule has 3 rings (SSSR count). The Balaban J connectivity index is 1.59. The molecular formula is C19H26F3N3O. The van der Waals surface area contributed by atoms with Gasteiger partial charge in [0.15, 0.2) is 17.5 Å². The largest absolute Gasteiger partial charge is 0.356 e. The molecule has 4 nitrogen and oxygen atoms in total. The molecule has 0 radical (unpaired) electrons. The third-order valence-electron chi connectivity index (χ3n) is 5.41. The minimum absolute atomic E-state index is 0.155. The molecule has 2 atom stereocenters. The second-order valence-corrected chi connectivity index (χ2v) is 7.71. The summed E-state index contributed by atoms with van der Waals surface area (Å²) >= 11 is 0. The van der Waals surface area contributed by atoms with Gasteiger partial charge in [0.2, 0.25) is 5.91 Å². The summed E-state index contributed by atoms with van der Waals surface area (Å²) in [6.45, 7) is 2.54. The van der Waals surface area contributed by atoms with E-state index >= 15 is 0 Å². The molecule has 1 aromatic rings. The number of hydrogen-bond acceptors (Lipinski definition) is 3. The van der Waals surface area contributed by atoms with Crippen molar-refractivity contribution in [3.63, 3.8) is 0 Å². The first kappa shape index (κ1) is 19.2. The third kappa shape index (κ3) is 4.57. The Morgan fingerprint density at radius 2 is 1.85 bits per heavy atom. The molecular weight excluding hydrogens is 343 g/mol. The van der Waals surface area contributed by atoms with Gasteiger partial charge >= 0.3 is 0 Å². The van der Waals surface area contributed by atoms with Crippen LogP contribution in [0.15, 0.2) is 12.1 Å². The first-order valence-electron chi connectivity index (χ1n) is 9.15. The van der Waals surface area contributed by atoms with E-state index in [1.54, 1.807) is 0 Å². The van der Waals surface area contributed by atoms with E-state index in [0.29, 0.717) is 24.6 Å². The Labute approximate surface area is 152 Å². The molecule has 1 saturated heterocycles. The van der Waals surface area contributed by atoms with E-state index in [4.69, 9.17) is 0 Å². The van der Waals surface area contributed by atoms with Gasteiger partial charge in [0.05, 0.1) is 0 Å².